The zero-order chi connectivity index (χ0) is 23.4. The van der Waals surface area contributed by atoms with Crippen molar-refractivity contribution in [2.75, 3.05) is 43.1 Å². The largest absolute Gasteiger partial charge is 0.442 e. The summed E-state index contributed by atoms with van der Waals surface area (Å²) in [4.78, 5) is 31.3. The van der Waals surface area contributed by atoms with E-state index >= 15 is 0 Å². The molecule has 1 aromatic heterocycles. The zero-order valence-electron chi connectivity index (χ0n) is 18.5. The van der Waals surface area contributed by atoms with Gasteiger partial charge in [0.05, 0.1) is 42.9 Å². The van der Waals surface area contributed by atoms with Gasteiger partial charge < -0.3 is 19.8 Å². The number of ether oxygens (including phenoxy) is 1. The summed E-state index contributed by atoms with van der Waals surface area (Å²) >= 11 is 0. The van der Waals surface area contributed by atoms with Crippen molar-refractivity contribution in [1.82, 2.24) is 20.3 Å². The number of hydrogen-bond acceptors (Lipinski definition) is 8. The van der Waals surface area contributed by atoms with E-state index in [1.807, 2.05) is 15.8 Å². The van der Waals surface area contributed by atoms with Gasteiger partial charge in [0.25, 0.3) is 0 Å². The van der Waals surface area contributed by atoms with Crippen LogP contribution in [-0.2, 0) is 14.4 Å². The summed E-state index contributed by atoms with van der Waals surface area (Å²) in [5.74, 6) is -0.601. The van der Waals surface area contributed by atoms with Gasteiger partial charge in [-0.05, 0) is 31.0 Å². The Labute approximate surface area is 190 Å². The first-order chi connectivity index (χ1) is 15.9. The first-order valence-corrected chi connectivity index (χ1v) is 10.7. The highest BCUT2D eigenvalue weighted by Crippen LogP contribution is 2.31. The number of piperidine rings is 1. The third-order valence-electron chi connectivity index (χ3n) is 5.69. The average Bonchev–Trinajstić information content (AvgIpc) is 3.43. The Hall–Kier alpha value is -3.70. The number of carbonyl (C=O) groups excluding carboxylic acids is 2. The third kappa shape index (κ3) is 5.21. The van der Waals surface area contributed by atoms with Crippen molar-refractivity contribution in [3.8, 4) is 0 Å². The van der Waals surface area contributed by atoms with Gasteiger partial charge in [0, 0.05) is 20.0 Å². The number of benzene rings is 1. The zero-order valence-corrected chi connectivity index (χ0v) is 18.5. The number of oxime groups is 1. The van der Waals surface area contributed by atoms with Crippen LogP contribution in [0.2, 0.25) is 0 Å². The van der Waals surface area contributed by atoms with Gasteiger partial charge in [-0.1, -0.05) is 10.4 Å². The second-order valence-corrected chi connectivity index (χ2v) is 7.95. The highest BCUT2D eigenvalue weighted by molar-refractivity contribution is 5.90. The van der Waals surface area contributed by atoms with Crippen LogP contribution in [0.25, 0.3) is 0 Å². The summed E-state index contributed by atoms with van der Waals surface area (Å²) in [6, 6.07) is 4.92. The SMILES string of the molecule is CO/N=C/c1cn(C2CCN(c3ccc(N4C[C@H](CNC(C)=O)OC4=O)cc3F)CC2)nn1. The molecule has 1 aromatic carbocycles. The number of hydrogen-bond donors (Lipinski definition) is 1. The van der Waals surface area contributed by atoms with Crippen LogP contribution in [0.15, 0.2) is 29.6 Å². The smallest absolute Gasteiger partial charge is 0.414 e. The molecule has 0 bridgehead atoms. The number of rotatable bonds is 7. The van der Waals surface area contributed by atoms with Gasteiger partial charge in [-0.25, -0.2) is 13.9 Å². The molecule has 176 valence electrons. The summed E-state index contributed by atoms with van der Waals surface area (Å²) in [6.45, 7) is 3.18. The van der Waals surface area contributed by atoms with Crippen LogP contribution in [0.4, 0.5) is 20.6 Å². The van der Waals surface area contributed by atoms with Crippen LogP contribution >= 0.6 is 0 Å². The van der Waals surface area contributed by atoms with E-state index in [2.05, 4.69) is 25.6 Å². The molecule has 2 aromatic rings. The molecule has 2 fully saturated rings. The maximum absolute atomic E-state index is 15.0. The molecule has 0 aliphatic carbocycles. The number of cyclic esters (lactones) is 1. The Morgan fingerprint density at radius 3 is 2.88 bits per heavy atom. The lowest BCUT2D eigenvalue weighted by atomic mass is 10.0. The third-order valence-corrected chi connectivity index (χ3v) is 5.69. The van der Waals surface area contributed by atoms with Crippen molar-refractivity contribution in [3.05, 3.63) is 35.9 Å². The lowest BCUT2D eigenvalue weighted by Gasteiger charge is -2.33. The summed E-state index contributed by atoms with van der Waals surface area (Å²) in [7, 11) is 1.46. The maximum atomic E-state index is 15.0. The van der Waals surface area contributed by atoms with Crippen molar-refractivity contribution in [2.24, 2.45) is 5.16 Å². The van der Waals surface area contributed by atoms with E-state index in [9.17, 15) is 14.0 Å². The van der Waals surface area contributed by atoms with Crippen molar-refractivity contribution in [3.63, 3.8) is 0 Å². The second-order valence-electron chi connectivity index (χ2n) is 7.95. The highest BCUT2D eigenvalue weighted by Gasteiger charge is 2.33. The topological polar surface area (TPSA) is 114 Å². The molecule has 2 aliphatic heterocycles. The fourth-order valence-electron chi connectivity index (χ4n) is 4.02. The van der Waals surface area contributed by atoms with E-state index in [0.29, 0.717) is 30.2 Å². The number of amides is 2. The monoisotopic (exact) mass is 459 g/mol. The minimum Gasteiger partial charge on any atom is -0.442 e. The Balaban J connectivity index is 1.36. The normalized spacial score (nSPS) is 19.2. The molecule has 2 amide bonds. The van der Waals surface area contributed by atoms with Gasteiger partial charge in [0.15, 0.2) is 0 Å². The second kappa shape index (κ2) is 9.84. The molecular weight excluding hydrogens is 433 g/mol. The first-order valence-electron chi connectivity index (χ1n) is 10.7. The van der Waals surface area contributed by atoms with E-state index in [4.69, 9.17) is 4.74 Å². The maximum Gasteiger partial charge on any atom is 0.414 e. The minimum absolute atomic E-state index is 0.167. The van der Waals surface area contributed by atoms with Gasteiger partial charge in [0.1, 0.15) is 24.7 Å². The van der Waals surface area contributed by atoms with Gasteiger partial charge in [0.2, 0.25) is 5.91 Å². The molecule has 0 unspecified atom stereocenters. The highest BCUT2D eigenvalue weighted by atomic mass is 19.1. The van der Waals surface area contributed by atoms with E-state index in [1.165, 1.54) is 31.2 Å². The van der Waals surface area contributed by atoms with E-state index in [-0.39, 0.29) is 25.0 Å². The summed E-state index contributed by atoms with van der Waals surface area (Å²) in [6.07, 6.45) is 3.85. The molecule has 33 heavy (non-hydrogen) atoms. The number of nitrogens with zero attached hydrogens (tertiary/aromatic N) is 6. The van der Waals surface area contributed by atoms with Crippen LogP contribution in [0, 0.1) is 5.82 Å². The molecule has 0 spiro atoms. The molecule has 2 aliphatic rings. The van der Waals surface area contributed by atoms with Gasteiger partial charge in [-0.3, -0.25) is 9.69 Å². The van der Waals surface area contributed by atoms with Crippen molar-refractivity contribution in [2.45, 2.75) is 31.9 Å². The molecular formula is C21H26FN7O4. The molecule has 3 heterocycles. The molecule has 11 nitrogen and oxygen atoms in total. The quantitative estimate of drug-likeness (QED) is 0.495. The number of aromatic nitrogens is 3. The summed E-state index contributed by atoms with van der Waals surface area (Å²) < 4.78 is 22.0. The van der Waals surface area contributed by atoms with Crippen LogP contribution < -0.4 is 15.1 Å². The van der Waals surface area contributed by atoms with Crippen molar-refractivity contribution >= 4 is 29.6 Å². The standard InChI is InChI=1S/C21H26FN7O4/c1-14(30)23-11-18-13-28(21(31)33-18)17-3-4-20(19(22)9-17)27-7-5-16(6-8-27)29-12-15(25-26-29)10-24-32-2/h3-4,9-10,12,16,18H,5-8,11,13H2,1-2H3,(H,23,30)/b24-10+/t18-/m0/s1. The van der Waals surface area contributed by atoms with E-state index < -0.39 is 18.0 Å². The lowest BCUT2D eigenvalue weighted by Crippen LogP contribution is -2.35. The number of halogens is 1. The van der Waals surface area contributed by atoms with Crippen molar-refractivity contribution in [1.29, 1.82) is 0 Å². The van der Waals surface area contributed by atoms with E-state index in [1.54, 1.807) is 12.1 Å². The Morgan fingerprint density at radius 1 is 1.39 bits per heavy atom. The predicted molar refractivity (Wildman–Crippen MR) is 118 cm³/mol. The molecule has 1 atom stereocenters. The average molecular weight is 459 g/mol. The molecule has 1 N–H and O–H groups in total. The fourth-order valence-corrected chi connectivity index (χ4v) is 4.02. The van der Waals surface area contributed by atoms with Crippen LogP contribution in [0.1, 0.15) is 31.5 Å². The number of anilines is 2. The Morgan fingerprint density at radius 2 is 2.18 bits per heavy atom. The molecule has 0 radical (unpaired) electrons. The number of nitrogens with one attached hydrogen (secondary N) is 1. The minimum atomic E-state index is -0.555. The molecule has 0 saturated carbocycles. The molecule has 4 rings (SSSR count). The Bertz CT molecular complexity index is 1040. The fraction of sp³-hybridized carbons (Fsp3) is 0.476. The van der Waals surface area contributed by atoms with Gasteiger partial charge in [-0.15, -0.1) is 5.10 Å². The van der Waals surface area contributed by atoms with E-state index in [0.717, 1.165) is 12.8 Å². The number of carbonyl (C=O) groups is 2. The van der Waals surface area contributed by atoms with Gasteiger partial charge >= 0.3 is 6.09 Å². The lowest BCUT2D eigenvalue weighted by molar-refractivity contribution is -0.119. The summed E-state index contributed by atoms with van der Waals surface area (Å²) in [5.41, 5.74) is 1.53. The Kier molecular flexibility index (Phi) is 6.71. The van der Waals surface area contributed by atoms with Crippen LogP contribution in [0.3, 0.4) is 0 Å². The molecule has 12 heteroatoms. The van der Waals surface area contributed by atoms with Gasteiger partial charge in [-0.2, -0.15) is 0 Å². The first kappa shape index (κ1) is 22.5. The predicted octanol–water partition coefficient (Wildman–Crippen LogP) is 1.70. The van der Waals surface area contributed by atoms with Crippen LogP contribution in [0.5, 0.6) is 0 Å². The molecule has 2 saturated heterocycles. The van der Waals surface area contributed by atoms with Crippen molar-refractivity contribution < 1.29 is 23.6 Å². The summed E-state index contributed by atoms with van der Waals surface area (Å²) in [5, 5.41) is 14.5. The van der Waals surface area contributed by atoms with Crippen LogP contribution in [-0.4, -0.2) is 72.6 Å².